The molecule has 0 aliphatic carbocycles. The third-order valence-electron chi connectivity index (χ3n) is 1.83. The summed E-state index contributed by atoms with van der Waals surface area (Å²) in [6, 6.07) is 1.40. The second kappa shape index (κ2) is 6.62. The lowest BCUT2D eigenvalue weighted by atomic mass is 10.2. The summed E-state index contributed by atoms with van der Waals surface area (Å²) in [6.45, 7) is 1.91. The standard InChI is InChI=1S/C12H10ClNO4/c1-3-18-10(15)5-4-8-6-9(12(16)17-2)7-14-11(8)13/h6-7H,3H2,1-2H3. The van der Waals surface area contributed by atoms with E-state index in [9.17, 15) is 9.59 Å². The third kappa shape index (κ3) is 3.75. The van der Waals surface area contributed by atoms with Gasteiger partial charge in [0.2, 0.25) is 0 Å². The number of ether oxygens (including phenoxy) is 2. The minimum Gasteiger partial charge on any atom is -0.465 e. The Kier molecular flexibility index (Phi) is 5.15. The van der Waals surface area contributed by atoms with Crippen LogP contribution in [0.2, 0.25) is 5.15 Å². The Balaban J connectivity index is 3.01. The molecule has 0 unspecified atom stereocenters. The molecule has 0 aliphatic heterocycles. The molecule has 0 saturated heterocycles. The van der Waals surface area contributed by atoms with Gasteiger partial charge in [0.25, 0.3) is 0 Å². The van der Waals surface area contributed by atoms with E-state index >= 15 is 0 Å². The van der Waals surface area contributed by atoms with Gasteiger partial charge in [-0.3, -0.25) is 0 Å². The van der Waals surface area contributed by atoms with Crippen molar-refractivity contribution in [1.82, 2.24) is 4.98 Å². The van der Waals surface area contributed by atoms with Gasteiger partial charge in [-0.2, -0.15) is 0 Å². The van der Waals surface area contributed by atoms with Crippen molar-refractivity contribution in [1.29, 1.82) is 0 Å². The number of esters is 2. The highest BCUT2D eigenvalue weighted by Gasteiger charge is 2.09. The Morgan fingerprint density at radius 1 is 1.50 bits per heavy atom. The molecule has 0 radical (unpaired) electrons. The lowest BCUT2D eigenvalue weighted by molar-refractivity contribution is -0.136. The Morgan fingerprint density at radius 3 is 2.83 bits per heavy atom. The fourth-order valence-electron chi connectivity index (χ4n) is 1.05. The molecule has 0 saturated carbocycles. The summed E-state index contributed by atoms with van der Waals surface area (Å²) < 4.78 is 9.17. The highest BCUT2D eigenvalue weighted by atomic mass is 35.5. The maximum atomic E-state index is 11.3. The van der Waals surface area contributed by atoms with Crippen LogP contribution in [0.4, 0.5) is 0 Å². The molecule has 1 rings (SSSR count). The molecule has 6 heteroatoms. The van der Waals surface area contributed by atoms with Crippen LogP contribution in [-0.2, 0) is 14.3 Å². The monoisotopic (exact) mass is 267 g/mol. The average Bonchev–Trinajstić information content (AvgIpc) is 2.37. The number of hydrogen-bond donors (Lipinski definition) is 0. The highest BCUT2D eigenvalue weighted by Crippen LogP contribution is 2.13. The Hall–Kier alpha value is -2.06. The summed E-state index contributed by atoms with van der Waals surface area (Å²) in [5, 5.41) is 0.0967. The van der Waals surface area contributed by atoms with Crippen molar-refractivity contribution in [3.8, 4) is 11.8 Å². The molecule has 94 valence electrons. The molecule has 0 fully saturated rings. The molecule has 0 spiro atoms. The van der Waals surface area contributed by atoms with Gasteiger partial charge in [-0.15, -0.1) is 0 Å². The number of nitrogens with zero attached hydrogens (tertiary/aromatic N) is 1. The van der Waals surface area contributed by atoms with Crippen molar-refractivity contribution < 1.29 is 19.1 Å². The molecule has 1 heterocycles. The van der Waals surface area contributed by atoms with E-state index in [0.717, 1.165) is 0 Å². The number of carbonyl (C=O) groups is 2. The number of methoxy groups -OCH3 is 1. The summed E-state index contributed by atoms with van der Waals surface area (Å²) in [5.74, 6) is 3.50. The summed E-state index contributed by atoms with van der Waals surface area (Å²) in [7, 11) is 1.25. The highest BCUT2D eigenvalue weighted by molar-refractivity contribution is 6.30. The first-order valence-electron chi connectivity index (χ1n) is 5.01. The van der Waals surface area contributed by atoms with Gasteiger partial charge in [0.1, 0.15) is 5.15 Å². The molecular formula is C12H10ClNO4. The van der Waals surface area contributed by atoms with Gasteiger partial charge in [0.05, 0.1) is 24.8 Å². The number of carbonyl (C=O) groups excluding carboxylic acids is 2. The SMILES string of the molecule is CCOC(=O)C#Cc1cc(C(=O)OC)cnc1Cl. The van der Waals surface area contributed by atoms with E-state index in [2.05, 4.69) is 26.3 Å². The maximum absolute atomic E-state index is 11.3. The smallest absolute Gasteiger partial charge is 0.384 e. The summed E-state index contributed by atoms with van der Waals surface area (Å²) in [6.07, 6.45) is 1.27. The largest absolute Gasteiger partial charge is 0.465 e. The zero-order chi connectivity index (χ0) is 13.5. The lowest BCUT2D eigenvalue weighted by Crippen LogP contribution is -2.03. The quantitative estimate of drug-likeness (QED) is 0.461. The molecule has 0 atom stereocenters. The van der Waals surface area contributed by atoms with Crippen LogP contribution in [0.1, 0.15) is 22.8 Å². The molecular weight excluding hydrogens is 258 g/mol. The minimum absolute atomic E-state index is 0.0967. The average molecular weight is 268 g/mol. The molecule has 0 amide bonds. The van der Waals surface area contributed by atoms with Gasteiger partial charge < -0.3 is 9.47 Å². The van der Waals surface area contributed by atoms with E-state index in [1.54, 1.807) is 6.92 Å². The predicted molar refractivity (Wildman–Crippen MR) is 64.1 cm³/mol. The minimum atomic E-state index is -0.669. The van der Waals surface area contributed by atoms with Crippen molar-refractivity contribution in [3.05, 3.63) is 28.5 Å². The first kappa shape index (κ1) is 14.0. The summed E-state index contributed by atoms with van der Waals surface area (Å²) >= 11 is 5.79. The molecule has 0 aliphatic rings. The van der Waals surface area contributed by atoms with Crippen LogP contribution in [0.25, 0.3) is 0 Å². The van der Waals surface area contributed by atoms with Crippen LogP contribution in [0.15, 0.2) is 12.3 Å². The van der Waals surface area contributed by atoms with Crippen molar-refractivity contribution in [2.45, 2.75) is 6.92 Å². The van der Waals surface area contributed by atoms with Crippen molar-refractivity contribution >= 4 is 23.5 Å². The van der Waals surface area contributed by atoms with E-state index in [1.807, 2.05) is 0 Å². The Bertz CT molecular complexity index is 531. The van der Waals surface area contributed by atoms with Gasteiger partial charge in [0, 0.05) is 12.1 Å². The van der Waals surface area contributed by atoms with E-state index in [1.165, 1.54) is 19.4 Å². The summed E-state index contributed by atoms with van der Waals surface area (Å²) in [5.41, 5.74) is 0.461. The molecule has 0 N–H and O–H groups in total. The van der Waals surface area contributed by atoms with Crippen molar-refractivity contribution in [3.63, 3.8) is 0 Å². The van der Waals surface area contributed by atoms with Crippen LogP contribution in [0.5, 0.6) is 0 Å². The van der Waals surface area contributed by atoms with Gasteiger partial charge in [0.15, 0.2) is 0 Å². The van der Waals surface area contributed by atoms with E-state index < -0.39 is 11.9 Å². The molecule has 0 bridgehead atoms. The Morgan fingerprint density at radius 2 is 2.22 bits per heavy atom. The molecule has 1 aromatic heterocycles. The van der Waals surface area contributed by atoms with Crippen LogP contribution < -0.4 is 0 Å². The maximum Gasteiger partial charge on any atom is 0.384 e. The fraction of sp³-hybridized carbons (Fsp3) is 0.250. The van der Waals surface area contributed by atoms with Gasteiger partial charge in [-0.05, 0) is 13.0 Å². The van der Waals surface area contributed by atoms with Gasteiger partial charge in [-0.25, -0.2) is 14.6 Å². The van der Waals surface area contributed by atoms with Gasteiger partial charge >= 0.3 is 11.9 Å². The third-order valence-corrected chi connectivity index (χ3v) is 2.14. The topological polar surface area (TPSA) is 65.5 Å². The normalized spacial score (nSPS) is 9.06. The van der Waals surface area contributed by atoms with E-state index in [4.69, 9.17) is 11.6 Å². The summed E-state index contributed by atoms with van der Waals surface area (Å²) in [4.78, 5) is 26.1. The lowest BCUT2D eigenvalue weighted by Gasteiger charge is -2.00. The van der Waals surface area contributed by atoms with Gasteiger partial charge in [-0.1, -0.05) is 17.5 Å². The zero-order valence-electron chi connectivity index (χ0n) is 9.82. The van der Waals surface area contributed by atoms with E-state index in [0.29, 0.717) is 0 Å². The zero-order valence-corrected chi connectivity index (χ0v) is 10.6. The predicted octanol–water partition coefficient (Wildman–Crippen LogP) is 1.44. The number of aromatic nitrogens is 1. The van der Waals surface area contributed by atoms with Crippen molar-refractivity contribution in [2.24, 2.45) is 0 Å². The number of rotatable bonds is 2. The molecule has 1 aromatic rings. The van der Waals surface area contributed by atoms with Crippen LogP contribution in [0.3, 0.4) is 0 Å². The Labute approximate surface area is 109 Å². The fourth-order valence-corrected chi connectivity index (χ4v) is 1.20. The number of pyridine rings is 1. The second-order valence-corrected chi connectivity index (χ2v) is 3.38. The van der Waals surface area contributed by atoms with E-state index in [-0.39, 0.29) is 22.9 Å². The van der Waals surface area contributed by atoms with Crippen molar-refractivity contribution in [2.75, 3.05) is 13.7 Å². The van der Waals surface area contributed by atoms with Crippen LogP contribution in [-0.4, -0.2) is 30.6 Å². The number of halogens is 1. The second-order valence-electron chi connectivity index (χ2n) is 3.02. The number of hydrogen-bond acceptors (Lipinski definition) is 5. The van der Waals surface area contributed by atoms with Crippen LogP contribution in [0, 0.1) is 11.8 Å². The first-order valence-corrected chi connectivity index (χ1v) is 5.39. The molecule has 18 heavy (non-hydrogen) atoms. The first-order chi connectivity index (χ1) is 8.58. The molecule has 0 aromatic carbocycles. The van der Waals surface area contributed by atoms with Crippen LogP contribution >= 0.6 is 11.6 Å². The molecule has 5 nitrogen and oxygen atoms in total.